The number of carbonyl (C=O) groups excluding carboxylic acids is 1. The highest BCUT2D eigenvalue weighted by atomic mass is 19.4. The summed E-state index contributed by atoms with van der Waals surface area (Å²) in [7, 11) is 1.91. The van der Waals surface area contributed by atoms with E-state index in [0.717, 1.165) is 36.2 Å². The normalized spacial score (nSPS) is 26.2. The lowest BCUT2D eigenvalue weighted by Crippen LogP contribution is -2.42. The molecule has 2 saturated heterocycles. The van der Waals surface area contributed by atoms with E-state index in [1.807, 2.05) is 40.7 Å². The van der Waals surface area contributed by atoms with Crippen LogP contribution in [-0.4, -0.2) is 74.5 Å². The Morgan fingerprint density at radius 2 is 1.95 bits per heavy atom. The molecule has 2 atom stereocenters. The van der Waals surface area contributed by atoms with Crippen LogP contribution in [0.3, 0.4) is 0 Å². The molecule has 1 N–H and O–H groups in total. The molecule has 6 rings (SSSR count). The second-order valence-electron chi connectivity index (χ2n) is 10.5. The van der Waals surface area contributed by atoms with Gasteiger partial charge in [0.2, 0.25) is 6.10 Å². The molecule has 1 aromatic carbocycles. The van der Waals surface area contributed by atoms with Gasteiger partial charge in [0.15, 0.2) is 5.82 Å². The van der Waals surface area contributed by atoms with Crippen LogP contribution in [0.1, 0.15) is 44.6 Å². The standard InChI is InChI=1S/C26H31F3N6O4/c1-33-15-30-24-20(31-23-8-9-35(32-23)17-3-2-10-37-14-17)11-19(12-21(24)33)38-18-6-4-16(5-7-18)34-13-22(26(27,28)29)39-25(34)36/h8-9,11-12,15-18,22H,2-7,10,13-14H2,1H3,(H,31,32)/t16-,17-,18+,22+/m0/s1. The maximum Gasteiger partial charge on any atom is 0.427 e. The molecule has 1 amide bonds. The molecule has 13 heteroatoms. The Kier molecular flexibility index (Phi) is 6.77. The topological polar surface area (TPSA) is 95.7 Å². The van der Waals surface area contributed by atoms with E-state index < -0.39 is 24.9 Å². The average Bonchev–Trinajstić information content (AvgIpc) is 3.64. The highest BCUT2D eigenvalue weighted by Gasteiger charge is 2.51. The first kappa shape index (κ1) is 25.8. The number of aryl methyl sites for hydroxylation is 1. The monoisotopic (exact) mass is 548 g/mol. The Morgan fingerprint density at radius 3 is 2.67 bits per heavy atom. The van der Waals surface area contributed by atoms with E-state index in [2.05, 4.69) is 15.0 Å². The molecule has 2 aliphatic heterocycles. The van der Waals surface area contributed by atoms with E-state index in [4.69, 9.17) is 14.6 Å². The number of rotatable bonds is 6. The lowest BCUT2D eigenvalue weighted by Gasteiger charge is -2.33. The molecule has 1 aliphatic carbocycles. The number of carbonyl (C=O) groups is 1. The van der Waals surface area contributed by atoms with Crippen molar-refractivity contribution in [2.75, 3.05) is 25.1 Å². The number of imidazole rings is 1. The molecule has 1 saturated carbocycles. The summed E-state index contributed by atoms with van der Waals surface area (Å²) in [5.41, 5.74) is 2.44. The van der Waals surface area contributed by atoms with Crippen LogP contribution in [0.4, 0.5) is 29.5 Å². The van der Waals surface area contributed by atoms with E-state index in [-0.39, 0.29) is 18.2 Å². The van der Waals surface area contributed by atoms with Gasteiger partial charge in [-0.1, -0.05) is 0 Å². The first-order valence-electron chi connectivity index (χ1n) is 13.3. The molecule has 0 spiro atoms. The van der Waals surface area contributed by atoms with Gasteiger partial charge in [-0.25, -0.2) is 9.78 Å². The molecule has 210 valence electrons. The third kappa shape index (κ3) is 5.36. The molecule has 39 heavy (non-hydrogen) atoms. The van der Waals surface area contributed by atoms with Crippen LogP contribution in [0.5, 0.6) is 5.75 Å². The van der Waals surface area contributed by atoms with Crippen LogP contribution in [0.2, 0.25) is 0 Å². The van der Waals surface area contributed by atoms with Gasteiger partial charge in [-0.3, -0.25) is 4.68 Å². The number of benzene rings is 1. The van der Waals surface area contributed by atoms with Gasteiger partial charge in [0, 0.05) is 44.1 Å². The third-order valence-corrected chi connectivity index (χ3v) is 7.78. The number of nitrogens with zero attached hydrogens (tertiary/aromatic N) is 5. The maximum absolute atomic E-state index is 13.0. The van der Waals surface area contributed by atoms with Crippen molar-refractivity contribution in [1.82, 2.24) is 24.2 Å². The Bertz CT molecular complexity index is 1330. The van der Waals surface area contributed by atoms with E-state index in [9.17, 15) is 18.0 Å². The molecular formula is C26H31F3N6O4. The van der Waals surface area contributed by atoms with Crippen molar-refractivity contribution in [3.63, 3.8) is 0 Å². The summed E-state index contributed by atoms with van der Waals surface area (Å²) in [6.07, 6.45) is 0.433. The summed E-state index contributed by atoms with van der Waals surface area (Å²) in [4.78, 5) is 17.8. The van der Waals surface area contributed by atoms with Gasteiger partial charge in [-0.15, -0.1) is 0 Å². The van der Waals surface area contributed by atoms with Crippen molar-refractivity contribution >= 4 is 28.6 Å². The first-order valence-corrected chi connectivity index (χ1v) is 13.3. The van der Waals surface area contributed by atoms with Crippen molar-refractivity contribution in [2.45, 2.75) is 69.0 Å². The minimum atomic E-state index is -4.55. The number of hydrogen-bond acceptors (Lipinski definition) is 7. The minimum Gasteiger partial charge on any atom is -0.490 e. The van der Waals surface area contributed by atoms with E-state index in [0.29, 0.717) is 43.9 Å². The molecule has 4 heterocycles. The zero-order valence-corrected chi connectivity index (χ0v) is 21.6. The van der Waals surface area contributed by atoms with Crippen molar-refractivity contribution in [1.29, 1.82) is 0 Å². The third-order valence-electron chi connectivity index (χ3n) is 7.78. The number of nitrogens with one attached hydrogen (secondary N) is 1. The minimum absolute atomic E-state index is 0.123. The molecule has 0 bridgehead atoms. The largest absolute Gasteiger partial charge is 0.490 e. The van der Waals surface area contributed by atoms with Crippen molar-refractivity contribution in [3.8, 4) is 5.75 Å². The Labute approximate surface area is 223 Å². The number of amides is 1. The van der Waals surface area contributed by atoms with Gasteiger partial charge in [0.1, 0.15) is 11.3 Å². The fraction of sp³-hybridized carbons (Fsp3) is 0.577. The molecule has 3 fully saturated rings. The second kappa shape index (κ2) is 10.2. The summed E-state index contributed by atoms with van der Waals surface area (Å²) in [5, 5.41) is 8.08. The van der Waals surface area contributed by atoms with E-state index >= 15 is 0 Å². The number of cyclic esters (lactones) is 1. The summed E-state index contributed by atoms with van der Waals surface area (Å²) in [6, 6.07) is 5.69. The number of hydrogen-bond donors (Lipinski definition) is 1. The van der Waals surface area contributed by atoms with Crippen molar-refractivity contribution in [3.05, 3.63) is 30.7 Å². The van der Waals surface area contributed by atoms with Crippen LogP contribution in [0.25, 0.3) is 11.0 Å². The van der Waals surface area contributed by atoms with Gasteiger partial charge in [-0.2, -0.15) is 18.3 Å². The Balaban J connectivity index is 1.13. The molecule has 3 aliphatic rings. The van der Waals surface area contributed by atoms with Crippen LogP contribution in [0.15, 0.2) is 30.7 Å². The zero-order chi connectivity index (χ0) is 27.1. The van der Waals surface area contributed by atoms with Crippen LogP contribution < -0.4 is 10.1 Å². The molecule has 10 nitrogen and oxygen atoms in total. The number of anilines is 2. The Hall–Kier alpha value is -3.48. The van der Waals surface area contributed by atoms with Gasteiger partial charge >= 0.3 is 12.3 Å². The number of ether oxygens (including phenoxy) is 3. The number of aromatic nitrogens is 4. The second-order valence-corrected chi connectivity index (χ2v) is 10.5. The molecule has 3 aromatic rings. The smallest absolute Gasteiger partial charge is 0.427 e. The van der Waals surface area contributed by atoms with Gasteiger partial charge < -0.3 is 29.0 Å². The first-order chi connectivity index (χ1) is 18.7. The van der Waals surface area contributed by atoms with Crippen molar-refractivity contribution < 1.29 is 32.2 Å². The zero-order valence-electron chi connectivity index (χ0n) is 21.6. The fourth-order valence-corrected chi connectivity index (χ4v) is 5.66. The maximum atomic E-state index is 13.0. The number of alkyl halides is 3. The van der Waals surface area contributed by atoms with E-state index in [1.165, 1.54) is 4.90 Å². The Morgan fingerprint density at radius 1 is 1.13 bits per heavy atom. The molecule has 2 aromatic heterocycles. The SMILES string of the molecule is Cn1cnc2c(Nc3ccn([C@H]4CCCOC4)n3)cc(O[C@H]3CC[C@@H](N4C[C@H](C(F)(F)F)OC4=O)CC3)cc21. The van der Waals surface area contributed by atoms with Crippen molar-refractivity contribution in [2.24, 2.45) is 7.05 Å². The highest BCUT2D eigenvalue weighted by molar-refractivity contribution is 5.91. The highest BCUT2D eigenvalue weighted by Crippen LogP contribution is 2.36. The summed E-state index contributed by atoms with van der Waals surface area (Å²) in [6.45, 7) is 0.992. The quantitative estimate of drug-likeness (QED) is 0.466. The van der Waals surface area contributed by atoms with Gasteiger partial charge in [0.25, 0.3) is 0 Å². The predicted molar refractivity (Wildman–Crippen MR) is 135 cm³/mol. The lowest BCUT2D eigenvalue weighted by molar-refractivity contribution is -0.192. The summed E-state index contributed by atoms with van der Waals surface area (Å²) >= 11 is 0. The number of fused-ring (bicyclic) bond motifs is 1. The predicted octanol–water partition coefficient (Wildman–Crippen LogP) is 4.94. The number of halogens is 3. The fourth-order valence-electron chi connectivity index (χ4n) is 5.66. The molecule has 0 radical (unpaired) electrons. The van der Waals surface area contributed by atoms with E-state index in [1.54, 1.807) is 6.33 Å². The lowest BCUT2D eigenvalue weighted by atomic mass is 9.92. The summed E-state index contributed by atoms with van der Waals surface area (Å²) < 4.78 is 59.4. The molecule has 0 unspecified atom stereocenters. The van der Waals surface area contributed by atoms with Crippen LogP contribution >= 0.6 is 0 Å². The van der Waals surface area contributed by atoms with Gasteiger partial charge in [0.05, 0.1) is 42.8 Å². The molecular weight excluding hydrogens is 517 g/mol. The van der Waals surface area contributed by atoms with Gasteiger partial charge in [-0.05, 0) is 38.5 Å². The van der Waals surface area contributed by atoms with Crippen LogP contribution in [-0.2, 0) is 16.5 Å². The summed E-state index contributed by atoms with van der Waals surface area (Å²) in [5.74, 6) is 1.36. The average molecular weight is 549 g/mol. The van der Waals surface area contributed by atoms with Crippen LogP contribution in [0, 0.1) is 0 Å².